The highest BCUT2D eigenvalue weighted by atomic mass is 16.4. The number of aromatic amines is 1. The molecule has 0 saturated heterocycles. The van der Waals surface area contributed by atoms with Crippen LogP contribution in [0.25, 0.3) is 0 Å². The van der Waals surface area contributed by atoms with E-state index in [2.05, 4.69) is 22.4 Å². The van der Waals surface area contributed by atoms with E-state index in [1.54, 1.807) is 0 Å². The number of fused-ring (bicyclic) bond motifs is 1. The molecule has 0 spiro atoms. The number of carboxylic acid groups (broad SMARTS) is 1. The molecule has 2 heterocycles. The van der Waals surface area contributed by atoms with E-state index in [1.807, 2.05) is 11.9 Å². The van der Waals surface area contributed by atoms with Crippen LogP contribution < -0.4 is 10.2 Å². The number of hydrogen-bond acceptors (Lipinski definition) is 4. The van der Waals surface area contributed by atoms with Crippen molar-refractivity contribution in [1.29, 1.82) is 0 Å². The molecular formula is C9H14N4O2. The molecule has 6 nitrogen and oxygen atoms in total. The van der Waals surface area contributed by atoms with E-state index in [-0.39, 0.29) is 5.69 Å². The monoisotopic (exact) mass is 210 g/mol. The average Bonchev–Trinajstić information content (AvgIpc) is 2.63. The van der Waals surface area contributed by atoms with Gasteiger partial charge in [0.25, 0.3) is 0 Å². The maximum Gasteiger partial charge on any atom is 0.356 e. The van der Waals surface area contributed by atoms with Crippen LogP contribution in [-0.4, -0.2) is 40.9 Å². The van der Waals surface area contributed by atoms with Gasteiger partial charge in [0.2, 0.25) is 0 Å². The molecule has 0 radical (unpaired) electrons. The molecule has 0 aromatic carbocycles. The van der Waals surface area contributed by atoms with E-state index in [0.717, 1.165) is 13.0 Å². The van der Waals surface area contributed by atoms with Crippen LogP contribution >= 0.6 is 0 Å². The van der Waals surface area contributed by atoms with Gasteiger partial charge in [0, 0.05) is 19.6 Å². The minimum atomic E-state index is -0.978. The van der Waals surface area contributed by atoms with Gasteiger partial charge in [0.05, 0.1) is 0 Å². The summed E-state index contributed by atoms with van der Waals surface area (Å²) in [5.41, 5.74) is 0.804. The molecule has 1 unspecified atom stereocenters. The first kappa shape index (κ1) is 9.82. The van der Waals surface area contributed by atoms with Crippen LogP contribution in [0.3, 0.4) is 0 Å². The highest BCUT2D eigenvalue weighted by Crippen LogP contribution is 2.32. The van der Waals surface area contributed by atoms with Crippen molar-refractivity contribution in [1.82, 2.24) is 10.2 Å². The smallest absolute Gasteiger partial charge is 0.356 e. The number of rotatable bonds is 2. The number of H-pyrrole nitrogens is 1. The van der Waals surface area contributed by atoms with Crippen LogP contribution in [-0.2, 0) is 0 Å². The molecule has 3 N–H and O–H groups in total. The molecule has 6 heteroatoms. The summed E-state index contributed by atoms with van der Waals surface area (Å²) in [6, 6.07) is 0.313. The van der Waals surface area contributed by atoms with Crippen molar-refractivity contribution in [3.8, 4) is 0 Å². The highest BCUT2D eigenvalue weighted by Gasteiger charge is 2.29. The van der Waals surface area contributed by atoms with Crippen molar-refractivity contribution in [2.24, 2.45) is 0 Å². The third-order valence-corrected chi connectivity index (χ3v) is 2.83. The first-order valence-electron chi connectivity index (χ1n) is 4.93. The van der Waals surface area contributed by atoms with E-state index in [0.29, 0.717) is 17.5 Å². The number of aromatic nitrogens is 2. The Kier molecular flexibility index (Phi) is 2.26. The lowest BCUT2D eigenvalue weighted by Gasteiger charge is -2.33. The van der Waals surface area contributed by atoms with Crippen LogP contribution in [0.5, 0.6) is 0 Å². The average molecular weight is 210 g/mol. The minimum absolute atomic E-state index is 0.151. The van der Waals surface area contributed by atoms with Crippen molar-refractivity contribution in [2.75, 3.05) is 23.8 Å². The molecule has 1 aliphatic rings. The van der Waals surface area contributed by atoms with Crippen molar-refractivity contribution in [2.45, 2.75) is 19.4 Å². The van der Waals surface area contributed by atoms with E-state index in [9.17, 15) is 4.79 Å². The Morgan fingerprint density at radius 3 is 3.07 bits per heavy atom. The summed E-state index contributed by atoms with van der Waals surface area (Å²) in [6.07, 6.45) is 0.965. The van der Waals surface area contributed by atoms with Crippen molar-refractivity contribution in [3.05, 3.63) is 5.69 Å². The Balaban J connectivity index is 2.43. The van der Waals surface area contributed by atoms with E-state index >= 15 is 0 Å². The zero-order valence-corrected chi connectivity index (χ0v) is 8.74. The third kappa shape index (κ3) is 1.42. The topological polar surface area (TPSA) is 81.2 Å². The first-order valence-corrected chi connectivity index (χ1v) is 4.93. The molecule has 1 aliphatic heterocycles. The number of likely N-dealkylation sites (N-methyl/N-ethyl adjacent to an activating group) is 1. The molecule has 0 saturated carbocycles. The Labute approximate surface area is 87.3 Å². The fourth-order valence-electron chi connectivity index (χ4n) is 1.90. The molecular weight excluding hydrogens is 196 g/mol. The number of carbonyl (C=O) groups is 1. The van der Waals surface area contributed by atoms with Crippen LogP contribution in [0.2, 0.25) is 0 Å². The minimum Gasteiger partial charge on any atom is -0.476 e. The lowest BCUT2D eigenvalue weighted by atomic mass is 10.1. The summed E-state index contributed by atoms with van der Waals surface area (Å²) >= 11 is 0. The molecule has 0 fully saturated rings. The van der Waals surface area contributed by atoms with Gasteiger partial charge < -0.3 is 15.3 Å². The number of nitrogens with one attached hydrogen (secondary N) is 2. The zero-order chi connectivity index (χ0) is 11.0. The van der Waals surface area contributed by atoms with E-state index in [4.69, 9.17) is 5.11 Å². The summed E-state index contributed by atoms with van der Waals surface area (Å²) in [5.74, 6) is -0.353. The van der Waals surface area contributed by atoms with Gasteiger partial charge in [-0.2, -0.15) is 5.10 Å². The predicted octanol–water partition coefficient (Wildman–Crippen LogP) is 0.748. The number of anilines is 2. The lowest BCUT2D eigenvalue weighted by molar-refractivity contribution is 0.0691. The van der Waals surface area contributed by atoms with Crippen LogP contribution in [0.4, 0.5) is 11.5 Å². The number of hydrogen-bond donors (Lipinski definition) is 3. The summed E-state index contributed by atoms with van der Waals surface area (Å²) < 4.78 is 0. The lowest BCUT2D eigenvalue weighted by Crippen LogP contribution is -2.41. The summed E-state index contributed by atoms with van der Waals surface area (Å²) in [4.78, 5) is 12.9. The molecule has 0 bridgehead atoms. The van der Waals surface area contributed by atoms with Gasteiger partial charge in [0.15, 0.2) is 11.5 Å². The second kappa shape index (κ2) is 3.45. The largest absolute Gasteiger partial charge is 0.476 e. The normalized spacial score (nSPS) is 19.6. The Hall–Kier alpha value is -1.72. The van der Waals surface area contributed by atoms with Crippen LogP contribution in [0.15, 0.2) is 0 Å². The Bertz CT molecular complexity index is 387. The number of aromatic carboxylic acids is 1. The third-order valence-electron chi connectivity index (χ3n) is 2.83. The second-order valence-corrected chi connectivity index (χ2v) is 3.65. The van der Waals surface area contributed by atoms with Gasteiger partial charge in [-0.25, -0.2) is 4.79 Å². The quantitative estimate of drug-likeness (QED) is 0.671. The number of nitrogens with zero attached hydrogens (tertiary/aromatic N) is 2. The molecule has 1 aromatic heterocycles. The highest BCUT2D eigenvalue weighted by molar-refractivity contribution is 5.96. The first-order chi connectivity index (χ1) is 7.15. The Morgan fingerprint density at radius 1 is 1.73 bits per heavy atom. The number of carboxylic acids is 1. The molecule has 2 rings (SSSR count). The molecule has 1 aromatic rings. The van der Waals surface area contributed by atoms with Gasteiger partial charge in [-0.3, -0.25) is 5.10 Å². The van der Waals surface area contributed by atoms with Crippen LogP contribution in [0, 0.1) is 0 Å². The summed E-state index contributed by atoms with van der Waals surface area (Å²) in [6.45, 7) is 2.87. The molecule has 1 atom stereocenters. The van der Waals surface area contributed by atoms with Gasteiger partial charge in [-0.15, -0.1) is 0 Å². The van der Waals surface area contributed by atoms with Gasteiger partial charge >= 0.3 is 5.97 Å². The maximum absolute atomic E-state index is 10.9. The molecule has 15 heavy (non-hydrogen) atoms. The zero-order valence-electron chi connectivity index (χ0n) is 8.74. The van der Waals surface area contributed by atoms with E-state index in [1.165, 1.54) is 0 Å². The fraction of sp³-hybridized carbons (Fsp3) is 0.556. The van der Waals surface area contributed by atoms with Gasteiger partial charge in [-0.05, 0) is 6.42 Å². The maximum atomic E-state index is 10.9. The van der Waals surface area contributed by atoms with Crippen molar-refractivity contribution in [3.63, 3.8) is 0 Å². The molecule has 82 valence electrons. The fourth-order valence-corrected chi connectivity index (χ4v) is 1.90. The molecule has 0 amide bonds. The van der Waals surface area contributed by atoms with Gasteiger partial charge in [0.1, 0.15) is 5.69 Å². The second-order valence-electron chi connectivity index (χ2n) is 3.65. The summed E-state index contributed by atoms with van der Waals surface area (Å²) in [7, 11) is 1.90. The SMILES string of the molecule is CCC1CNc2n[nH]c(C(=O)O)c2N1C. The van der Waals surface area contributed by atoms with Crippen molar-refractivity contribution >= 4 is 17.5 Å². The van der Waals surface area contributed by atoms with Crippen LogP contribution in [0.1, 0.15) is 23.8 Å². The summed E-state index contributed by atoms with van der Waals surface area (Å²) in [5, 5.41) is 18.6. The van der Waals surface area contributed by atoms with Gasteiger partial charge in [-0.1, -0.05) is 6.92 Å². The Morgan fingerprint density at radius 2 is 2.47 bits per heavy atom. The predicted molar refractivity (Wildman–Crippen MR) is 56.5 cm³/mol. The van der Waals surface area contributed by atoms with E-state index < -0.39 is 5.97 Å². The van der Waals surface area contributed by atoms with Crippen molar-refractivity contribution < 1.29 is 9.90 Å². The molecule has 0 aliphatic carbocycles. The standard InChI is InChI=1S/C9H14N4O2/c1-3-5-4-10-8-7(13(5)2)6(9(14)15)11-12-8/h5H,3-4H2,1-2H3,(H,14,15)(H2,10,11,12).